The molecular formula is C25H18BrClF9NO2. The maximum absolute atomic E-state index is 13.8. The molecule has 1 aliphatic rings. The highest BCUT2D eigenvalue weighted by atomic mass is 79.9. The Labute approximate surface area is 229 Å². The van der Waals surface area contributed by atoms with E-state index in [9.17, 15) is 49.1 Å². The quantitative estimate of drug-likeness (QED) is 0.230. The molecule has 1 unspecified atom stereocenters. The van der Waals surface area contributed by atoms with Crippen molar-refractivity contribution in [1.29, 1.82) is 0 Å². The molecule has 1 atom stereocenters. The third-order valence-corrected chi connectivity index (χ3v) is 6.69. The van der Waals surface area contributed by atoms with Crippen molar-refractivity contribution in [3.05, 3.63) is 74.2 Å². The van der Waals surface area contributed by atoms with E-state index < -0.39 is 65.6 Å². The summed E-state index contributed by atoms with van der Waals surface area (Å²) in [5.41, 5.74) is -4.40. The molecule has 1 saturated carbocycles. The number of halogens is 11. The second kappa shape index (κ2) is 11.1. The number of amides is 1. The van der Waals surface area contributed by atoms with Crippen LogP contribution in [0.1, 0.15) is 52.2 Å². The van der Waals surface area contributed by atoms with E-state index in [0.29, 0.717) is 12.1 Å². The maximum Gasteiger partial charge on any atom is 0.417 e. The van der Waals surface area contributed by atoms with Crippen LogP contribution in [0.2, 0.25) is 5.02 Å². The Morgan fingerprint density at radius 3 is 2.15 bits per heavy atom. The maximum atomic E-state index is 13.8. The number of hydrogen-bond acceptors (Lipinski definition) is 2. The zero-order valence-electron chi connectivity index (χ0n) is 19.5. The number of rotatable bonds is 8. The molecule has 2 aromatic carbocycles. The van der Waals surface area contributed by atoms with Gasteiger partial charge in [-0.2, -0.15) is 39.5 Å². The third-order valence-electron chi connectivity index (χ3n) is 6.01. The fourth-order valence-electron chi connectivity index (χ4n) is 3.92. The minimum Gasteiger partial charge on any atom is -0.346 e. The van der Waals surface area contributed by atoms with Crippen LogP contribution in [0.5, 0.6) is 0 Å². The molecule has 1 N–H and O–H groups in total. The second-order valence-corrected chi connectivity index (χ2v) is 10.4. The number of nitrogens with one attached hydrogen (secondary N) is 1. The van der Waals surface area contributed by atoms with Crippen molar-refractivity contribution in [2.24, 2.45) is 5.41 Å². The summed E-state index contributed by atoms with van der Waals surface area (Å²) in [6, 6.07) is 5.86. The molecule has 0 aromatic heterocycles. The fraction of sp³-hybridized carbons (Fsp3) is 0.360. The van der Waals surface area contributed by atoms with Gasteiger partial charge in [-0.25, -0.2) is 0 Å². The first-order valence-corrected chi connectivity index (χ1v) is 12.3. The van der Waals surface area contributed by atoms with Gasteiger partial charge in [0.05, 0.1) is 16.9 Å². The molecular weight excluding hydrogens is 633 g/mol. The van der Waals surface area contributed by atoms with Crippen molar-refractivity contribution in [2.45, 2.75) is 43.7 Å². The van der Waals surface area contributed by atoms with Crippen LogP contribution in [-0.4, -0.2) is 30.6 Å². The number of Topliss-reactive ketones (excluding diaryl/α,β-unsaturated/α-hetero) is 1. The van der Waals surface area contributed by atoms with E-state index in [1.807, 2.05) is 0 Å². The molecule has 0 bridgehead atoms. The average molecular weight is 651 g/mol. The van der Waals surface area contributed by atoms with Crippen LogP contribution in [0, 0.1) is 5.41 Å². The first-order valence-electron chi connectivity index (χ1n) is 11.1. The number of benzene rings is 2. The second-order valence-electron chi connectivity index (χ2n) is 9.06. The Morgan fingerprint density at radius 1 is 1.00 bits per heavy atom. The lowest BCUT2D eigenvalue weighted by molar-refractivity contribution is -0.141. The first-order chi connectivity index (χ1) is 17.8. The van der Waals surface area contributed by atoms with Crippen LogP contribution >= 0.6 is 27.5 Å². The molecule has 0 heterocycles. The molecule has 3 nitrogen and oxygen atoms in total. The number of carbonyl (C=O) groups excluding carboxylic acids is 2. The summed E-state index contributed by atoms with van der Waals surface area (Å²) >= 11 is 8.87. The van der Waals surface area contributed by atoms with Gasteiger partial charge in [0.25, 0.3) is 0 Å². The Morgan fingerprint density at radius 2 is 1.64 bits per heavy atom. The van der Waals surface area contributed by atoms with E-state index in [1.54, 1.807) is 5.32 Å². The smallest absolute Gasteiger partial charge is 0.346 e. The molecule has 2 aromatic rings. The largest absolute Gasteiger partial charge is 0.417 e. The van der Waals surface area contributed by atoms with Gasteiger partial charge in [0, 0.05) is 21.5 Å². The highest BCUT2D eigenvalue weighted by Crippen LogP contribution is 2.50. The topological polar surface area (TPSA) is 46.2 Å². The minimum absolute atomic E-state index is 0.00442. The average Bonchev–Trinajstić information content (AvgIpc) is 3.55. The summed E-state index contributed by atoms with van der Waals surface area (Å²) in [5.74, 6) is -4.44. The van der Waals surface area contributed by atoms with Crippen LogP contribution in [0.15, 0.2) is 46.9 Å². The van der Waals surface area contributed by atoms with E-state index in [4.69, 9.17) is 11.6 Å². The molecule has 14 heteroatoms. The Bertz CT molecular complexity index is 1260. The molecule has 0 aliphatic heterocycles. The van der Waals surface area contributed by atoms with Gasteiger partial charge in [-0.3, -0.25) is 9.59 Å². The van der Waals surface area contributed by atoms with E-state index in [-0.39, 0.29) is 33.5 Å². The fourth-order valence-corrected chi connectivity index (χ4v) is 4.81. The van der Waals surface area contributed by atoms with Crippen LogP contribution < -0.4 is 5.32 Å². The first kappa shape index (κ1) is 31.0. The van der Waals surface area contributed by atoms with Crippen molar-refractivity contribution in [3.63, 3.8) is 0 Å². The molecule has 1 amide bonds. The molecule has 0 saturated heterocycles. The van der Waals surface area contributed by atoms with Gasteiger partial charge in [0.15, 0.2) is 5.78 Å². The SMILES string of the molecule is O=C(CC1(C(=O)NCC(F)(F)F)CC1)c1ccc(/C=C/C(c2cc(Cl)cc(Br)c2)C(F)(F)F)cc1C(F)(F)F. The van der Waals surface area contributed by atoms with Gasteiger partial charge in [-0.05, 0) is 48.2 Å². The highest BCUT2D eigenvalue weighted by Gasteiger charge is 2.52. The zero-order chi connectivity index (χ0) is 29.4. The molecule has 3 rings (SSSR count). The standard InChI is InChI=1S/C25H18BrClF9NO2/c26-15-8-14(9-16(27)10-15)18(24(31,32)33)4-2-13-1-3-17(19(7-13)25(34,35)36)20(38)11-22(5-6-22)21(39)37-12-23(28,29)30/h1-4,7-10,18H,5-6,11-12H2,(H,37,39)/b4-2+. The molecule has 0 spiro atoms. The normalized spacial score (nSPS) is 16.3. The minimum atomic E-state index is -5.09. The highest BCUT2D eigenvalue weighted by molar-refractivity contribution is 9.10. The Balaban J connectivity index is 1.89. The lowest BCUT2D eigenvalue weighted by atomic mass is 9.91. The molecule has 0 radical (unpaired) electrons. The zero-order valence-corrected chi connectivity index (χ0v) is 21.8. The summed E-state index contributed by atoms with van der Waals surface area (Å²) in [7, 11) is 0. The van der Waals surface area contributed by atoms with Crippen LogP contribution in [0.4, 0.5) is 39.5 Å². The van der Waals surface area contributed by atoms with E-state index >= 15 is 0 Å². The number of allylic oxidation sites excluding steroid dienone is 1. The van der Waals surface area contributed by atoms with Gasteiger partial charge in [-0.1, -0.05) is 51.8 Å². The number of hydrogen-bond donors (Lipinski definition) is 1. The van der Waals surface area contributed by atoms with Crippen molar-refractivity contribution in [2.75, 3.05) is 6.54 Å². The number of carbonyl (C=O) groups is 2. The Kier molecular flexibility index (Phi) is 8.86. The lowest BCUT2D eigenvalue weighted by Gasteiger charge is -2.19. The van der Waals surface area contributed by atoms with Gasteiger partial charge < -0.3 is 5.32 Å². The summed E-state index contributed by atoms with van der Waals surface area (Å²) in [4.78, 5) is 24.9. The predicted octanol–water partition coefficient (Wildman–Crippen LogP) is 8.51. The van der Waals surface area contributed by atoms with E-state index in [1.165, 1.54) is 6.07 Å². The van der Waals surface area contributed by atoms with Crippen LogP contribution in [-0.2, 0) is 11.0 Å². The third kappa shape index (κ3) is 8.23. The van der Waals surface area contributed by atoms with Crippen LogP contribution in [0.3, 0.4) is 0 Å². The molecule has 1 fully saturated rings. The number of alkyl halides is 9. The summed E-state index contributed by atoms with van der Waals surface area (Å²) < 4.78 is 120. The summed E-state index contributed by atoms with van der Waals surface area (Å²) in [6.07, 6.45) is -13.9. The molecule has 212 valence electrons. The Hall–Kier alpha value is -2.54. The van der Waals surface area contributed by atoms with Crippen molar-refractivity contribution >= 4 is 45.3 Å². The molecule has 1 aliphatic carbocycles. The van der Waals surface area contributed by atoms with Crippen LogP contribution in [0.25, 0.3) is 6.08 Å². The van der Waals surface area contributed by atoms with Crippen molar-refractivity contribution in [3.8, 4) is 0 Å². The van der Waals surface area contributed by atoms with Crippen molar-refractivity contribution < 1.29 is 49.1 Å². The monoisotopic (exact) mass is 649 g/mol. The van der Waals surface area contributed by atoms with Gasteiger partial charge in [0.1, 0.15) is 6.54 Å². The van der Waals surface area contributed by atoms with Crippen molar-refractivity contribution in [1.82, 2.24) is 5.32 Å². The van der Waals surface area contributed by atoms with Gasteiger partial charge >= 0.3 is 18.5 Å². The predicted molar refractivity (Wildman–Crippen MR) is 128 cm³/mol. The summed E-state index contributed by atoms with van der Waals surface area (Å²) in [5, 5.41) is 1.65. The van der Waals surface area contributed by atoms with E-state index in [0.717, 1.165) is 30.3 Å². The summed E-state index contributed by atoms with van der Waals surface area (Å²) in [6.45, 7) is -1.65. The molecule has 39 heavy (non-hydrogen) atoms. The van der Waals surface area contributed by atoms with Gasteiger partial charge in [-0.15, -0.1) is 0 Å². The van der Waals surface area contributed by atoms with E-state index in [2.05, 4.69) is 15.9 Å². The lowest BCUT2D eigenvalue weighted by Crippen LogP contribution is -2.39. The van der Waals surface area contributed by atoms with Gasteiger partial charge in [0.2, 0.25) is 5.91 Å². The number of ketones is 1.